The van der Waals surface area contributed by atoms with E-state index in [1.165, 1.54) is 6.07 Å². The third-order valence-corrected chi connectivity index (χ3v) is 7.63. The van der Waals surface area contributed by atoms with Crippen molar-refractivity contribution in [3.8, 4) is 0 Å². The Bertz CT molecular complexity index is 995. The van der Waals surface area contributed by atoms with Gasteiger partial charge in [0.05, 0.1) is 0 Å². The van der Waals surface area contributed by atoms with E-state index in [1.54, 1.807) is 24.3 Å². The molecule has 1 saturated carbocycles. The van der Waals surface area contributed by atoms with Crippen molar-refractivity contribution < 1.29 is 17.6 Å². The van der Waals surface area contributed by atoms with Crippen LogP contribution in [0.2, 0.25) is 0 Å². The van der Waals surface area contributed by atoms with Crippen molar-refractivity contribution >= 4 is 37.5 Å². The van der Waals surface area contributed by atoms with Gasteiger partial charge in [-0.25, -0.2) is 17.5 Å². The van der Waals surface area contributed by atoms with Gasteiger partial charge in [-0.3, -0.25) is 4.79 Å². The van der Waals surface area contributed by atoms with Gasteiger partial charge in [-0.1, -0.05) is 42.6 Å². The molecule has 2 N–H and O–H groups in total. The number of sulfonamides is 1. The second-order valence-electron chi connectivity index (χ2n) is 7.60. The molecule has 1 fully saturated rings. The van der Waals surface area contributed by atoms with Crippen LogP contribution in [0.1, 0.15) is 43.5 Å². The van der Waals surface area contributed by atoms with Gasteiger partial charge in [0, 0.05) is 21.8 Å². The summed E-state index contributed by atoms with van der Waals surface area (Å²) in [5, 5.41) is 2.68. The van der Waals surface area contributed by atoms with Crippen LogP contribution in [0.3, 0.4) is 0 Å². The summed E-state index contributed by atoms with van der Waals surface area (Å²) in [5.41, 5.74) is 0.620. The first-order valence-corrected chi connectivity index (χ1v) is 11.8. The number of carbonyl (C=O) groups is 1. The first-order chi connectivity index (χ1) is 13.7. The SMILES string of the molecule is C[C@H]1[C@H](C)CCC[C@H]1NS(=O)(=O)c1cc(C(=O)Nc2ccc(Br)cc2)ccc1F. The lowest BCUT2D eigenvalue weighted by Gasteiger charge is -2.34. The van der Waals surface area contributed by atoms with Gasteiger partial charge in [0.2, 0.25) is 10.0 Å². The molecule has 3 rings (SSSR count). The highest BCUT2D eigenvalue weighted by atomic mass is 79.9. The van der Waals surface area contributed by atoms with Gasteiger partial charge in [-0.15, -0.1) is 0 Å². The lowest BCUT2D eigenvalue weighted by Crippen LogP contribution is -2.43. The maximum atomic E-state index is 14.4. The van der Waals surface area contributed by atoms with Crippen LogP contribution in [-0.2, 0) is 10.0 Å². The maximum Gasteiger partial charge on any atom is 0.255 e. The topological polar surface area (TPSA) is 75.3 Å². The molecule has 0 unspecified atom stereocenters. The van der Waals surface area contributed by atoms with Crippen LogP contribution in [0.4, 0.5) is 10.1 Å². The molecule has 8 heteroatoms. The van der Waals surface area contributed by atoms with Gasteiger partial charge >= 0.3 is 0 Å². The predicted octanol–water partition coefficient (Wildman–Crippen LogP) is 4.94. The molecule has 156 valence electrons. The van der Waals surface area contributed by atoms with Crippen LogP contribution >= 0.6 is 15.9 Å². The monoisotopic (exact) mass is 482 g/mol. The van der Waals surface area contributed by atoms with E-state index >= 15 is 0 Å². The first-order valence-electron chi connectivity index (χ1n) is 9.56. The number of carbonyl (C=O) groups excluding carboxylic acids is 1. The number of benzene rings is 2. The molecule has 0 aromatic heterocycles. The summed E-state index contributed by atoms with van der Waals surface area (Å²) in [6.45, 7) is 4.11. The fourth-order valence-corrected chi connectivity index (χ4v) is 5.33. The molecule has 0 bridgehead atoms. The van der Waals surface area contributed by atoms with Crippen LogP contribution in [0.5, 0.6) is 0 Å². The average molecular weight is 483 g/mol. The van der Waals surface area contributed by atoms with Gasteiger partial charge < -0.3 is 5.32 Å². The lowest BCUT2D eigenvalue weighted by atomic mass is 9.78. The van der Waals surface area contributed by atoms with Crippen LogP contribution in [0, 0.1) is 17.7 Å². The Morgan fingerprint density at radius 2 is 1.79 bits per heavy atom. The van der Waals surface area contributed by atoms with E-state index in [0.29, 0.717) is 11.6 Å². The third kappa shape index (κ3) is 5.24. The van der Waals surface area contributed by atoms with Crippen molar-refractivity contribution in [3.63, 3.8) is 0 Å². The standard InChI is InChI=1S/C21H24BrFN2O3S/c1-13-4-3-5-19(14(13)2)25-29(27,28)20-12-15(6-11-18(20)23)21(26)24-17-9-7-16(22)8-10-17/h6-14,19,25H,3-5H2,1-2H3,(H,24,26)/t13-,14+,19-/m1/s1. The lowest BCUT2D eigenvalue weighted by molar-refractivity contribution is 0.102. The second kappa shape index (κ2) is 8.93. The molecule has 2 aromatic carbocycles. The number of amides is 1. The van der Waals surface area contributed by atoms with Crippen LogP contribution in [-0.4, -0.2) is 20.4 Å². The Hall–Kier alpha value is -1.77. The van der Waals surface area contributed by atoms with Gasteiger partial charge in [0.1, 0.15) is 10.7 Å². The third-order valence-electron chi connectivity index (χ3n) is 5.60. The Kier molecular flexibility index (Phi) is 6.76. The Morgan fingerprint density at radius 3 is 2.48 bits per heavy atom. The number of anilines is 1. The summed E-state index contributed by atoms with van der Waals surface area (Å²) in [5.74, 6) is -0.840. The van der Waals surface area contributed by atoms with Crippen LogP contribution < -0.4 is 10.0 Å². The summed E-state index contributed by atoms with van der Waals surface area (Å²) in [4.78, 5) is 12.0. The predicted molar refractivity (Wildman–Crippen MR) is 115 cm³/mol. The fourth-order valence-electron chi connectivity index (χ4n) is 3.60. The number of rotatable bonds is 5. The maximum absolute atomic E-state index is 14.4. The minimum Gasteiger partial charge on any atom is -0.322 e. The minimum atomic E-state index is -4.09. The summed E-state index contributed by atoms with van der Waals surface area (Å²) < 4.78 is 43.6. The average Bonchev–Trinajstić information content (AvgIpc) is 2.67. The zero-order valence-electron chi connectivity index (χ0n) is 16.3. The molecule has 1 aliphatic rings. The summed E-state index contributed by atoms with van der Waals surface area (Å²) in [6, 6.07) is 10.1. The van der Waals surface area contributed by atoms with Crippen molar-refractivity contribution in [2.45, 2.75) is 44.0 Å². The van der Waals surface area contributed by atoms with E-state index in [-0.39, 0.29) is 17.5 Å². The van der Waals surface area contributed by atoms with Gasteiger partial charge in [-0.05, 0) is 60.7 Å². The quantitative estimate of drug-likeness (QED) is 0.633. The van der Waals surface area contributed by atoms with Crippen LogP contribution in [0.25, 0.3) is 0 Å². The van der Waals surface area contributed by atoms with Crippen molar-refractivity contribution in [3.05, 3.63) is 58.3 Å². The van der Waals surface area contributed by atoms with E-state index in [9.17, 15) is 17.6 Å². The molecule has 1 amide bonds. The zero-order valence-corrected chi connectivity index (χ0v) is 18.7. The van der Waals surface area contributed by atoms with Crippen molar-refractivity contribution in [2.75, 3.05) is 5.32 Å². The summed E-state index contributed by atoms with van der Waals surface area (Å²) in [7, 11) is -4.09. The number of hydrogen-bond donors (Lipinski definition) is 2. The van der Waals surface area contributed by atoms with Gasteiger partial charge in [0.15, 0.2) is 0 Å². The fraction of sp³-hybridized carbons (Fsp3) is 0.381. The molecule has 2 aromatic rings. The van der Waals surface area contributed by atoms with Gasteiger partial charge in [-0.2, -0.15) is 0 Å². The molecular weight excluding hydrogens is 459 g/mol. The van der Waals surface area contributed by atoms with Crippen molar-refractivity contribution in [1.82, 2.24) is 4.72 Å². The molecule has 3 atom stereocenters. The Morgan fingerprint density at radius 1 is 1.10 bits per heavy atom. The molecular formula is C21H24BrFN2O3S. The molecule has 5 nitrogen and oxygen atoms in total. The molecule has 0 spiro atoms. The Labute approximate surface area is 179 Å². The largest absolute Gasteiger partial charge is 0.322 e. The van der Waals surface area contributed by atoms with E-state index in [0.717, 1.165) is 35.9 Å². The first kappa shape index (κ1) is 21.9. The number of nitrogens with one attached hydrogen (secondary N) is 2. The number of halogens is 2. The van der Waals surface area contributed by atoms with Crippen LogP contribution in [0.15, 0.2) is 51.8 Å². The molecule has 0 aliphatic heterocycles. The Balaban J connectivity index is 1.82. The van der Waals surface area contributed by atoms with Crippen molar-refractivity contribution in [2.24, 2.45) is 11.8 Å². The van der Waals surface area contributed by atoms with E-state index < -0.39 is 26.6 Å². The highest BCUT2D eigenvalue weighted by Gasteiger charge is 2.32. The molecule has 1 aliphatic carbocycles. The molecule has 0 radical (unpaired) electrons. The number of hydrogen-bond acceptors (Lipinski definition) is 3. The second-order valence-corrected chi connectivity index (χ2v) is 10.2. The minimum absolute atomic E-state index is 0.0692. The van der Waals surface area contributed by atoms with Gasteiger partial charge in [0.25, 0.3) is 5.91 Å². The van der Waals surface area contributed by atoms with E-state index in [4.69, 9.17) is 0 Å². The summed E-state index contributed by atoms with van der Waals surface area (Å²) >= 11 is 3.32. The van der Waals surface area contributed by atoms with E-state index in [2.05, 4.69) is 32.9 Å². The normalized spacial score (nSPS) is 22.3. The zero-order chi connectivity index (χ0) is 21.2. The highest BCUT2D eigenvalue weighted by molar-refractivity contribution is 9.10. The molecule has 29 heavy (non-hydrogen) atoms. The van der Waals surface area contributed by atoms with Crippen molar-refractivity contribution in [1.29, 1.82) is 0 Å². The smallest absolute Gasteiger partial charge is 0.255 e. The molecule has 0 heterocycles. The summed E-state index contributed by atoms with van der Waals surface area (Å²) in [6.07, 6.45) is 2.70. The molecule has 0 saturated heterocycles. The van der Waals surface area contributed by atoms with E-state index in [1.807, 2.05) is 6.92 Å². The highest BCUT2D eigenvalue weighted by Crippen LogP contribution is 2.31.